The maximum absolute atomic E-state index is 11.8. The van der Waals surface area contributed by atoms with Crippen LogP contribution in [-0.4, -0.2) is 25.0 Å². The molecular formula is C15H20O4. The second-order valence-corrected chi connectivity index (χ2v) is 4.69. The normalized spacial score (nSPS) is 12.2. The first-order valence-electron chi connectivity index (χ1n) is 6.29. The van der Waals surface area contributed by atoms with E-state index < -0.39 is 12.1 Å². The quantitative estimate of drug-likeness (QED) is 0.560. The fraction of sp³-hybridized carbons (Fsp3) is 0.467. The molecular weight excluding hydrogens is 244 g/mol. The Hall–Kier alpha value is -1.68. The molecule has 1 unspecified atom stereocenters. The summed E-state index contributed by atoms with van der Waals surface area (Å²) in [6.45, 7) is 3.94. The average Bonchev–Trinajstić information content (AvgIpc) is 2.38. The largest absolute Gasteiger partial charge is 0.460 e. The highest BCUT2D eigenvalue weighted by molar-refractivity contribution is 5.98. The van der Waals surface area contributed by atoms with Crippen molar-refractivity contribution in [3.63, 3.8) is 0 Å². The molecule has 0 aromatic heterocycles. The van der Waals surface area contributed by atoms with Crippen LogP contribution in [0.5, 0.6) is 0 Å². The second-order valence-electron chi connectivity index (χ2n) is 4.69. The summed E-state index contributed by atoms with van der Waals surface area (Å²) in [5.74, 6) is -0.716. The van der Waals surface area contributed by atoms with Gasteiger partial charge in [0.1, 0.15) is 19.1 Å². The molecule has 0 spiro atoms. The number of ether oxygens (including phenoxy) is 2. The number of benzene rings is 1. The Kier molecular flexibility index (Phi) is 6.22. The second kappa shape index (κ2) is 7.69. The molecule has 1 rings (SSSR count). The number of hydrogen-bond donors (Lipinski definition) is 0. The minimum absolute atomic E-state index is 0.0411. The number of esters is 1. The van der Waals surface area contributed by atoms with Crippen molar-refractivity contribution in [1.82, 2.24) is 0 Å². The molecule has 1 aromatic rings. The molecule has 4 heteroatoms. The molecule has 4 nitrogen and oxygen atoms in total. The van der Waals surface area contributed by atoms with Crippen LogP contribution in [0.2, 0.25) is 0 Å². The van der Waals surface area contributed by atoms with E-state index in [1.54, 1.807) is 0 Å². The highest BCUT2D eigenvalue weighted by Crippen LogP contribution is 2.10. The van der Waals surface area contributed by atoms with Crippen molar-refractivity contribution in [2.24, 2.45) is 5.92 Å². The van der Waals surface area contributed by atoms with E-state index >= 15 is 0 Å². The summed E-state index contributed by atoms with van der Waals surface area (Å²) in [7, 11) is 1.47. The van der Waals surface area contributed by atoms with E-state index in [1.807, 2.05) is 44.2 Å². The van der Waals surface area contributed by atoms with Crippen LogP contribution in [0.1, 0.15) is 25.8 Å². The first-order chi connectivity index (χ1) is 9.04. The lowest BCUT2D eigenvalue weighted by Crippen LogP contribution is -2.30. The van der Waals surface area contributed by atoms with E-state index in [1.165, 1.54) is 7.11 Å². The van der Waals surface area contributed by atoms with Gasteiger partial charge in [0.25, 0.3) is 0 Å². The van der Waals surface area contributed by atoms with Crippen LogP contribution in [0.15, 0.2) is 30.3 Å². The summed E-state index contributed by atoms with van der Waals surface area (Å²) < 4.78 is 10.1. The van der Waals surface area contributed by atoms with Gasteiger partial charge in [-0.15, -0.1) is 0 Å². The Bertz CT molecular complexity index is 411. The van der Waals surface area contributed by atoms with Gasteiger partial charge < -0.3 is 9.47 Å². The van der Waals surface area contributed by atoms with Crippen LogP contribution >= 0.6 is 0 Å². The van der Waals surface area contributed by atoms with Gasteiger partial charge in [0, 0.05) is 7.11 Å². The van der Waals surface area contributed by atoms with Crippen molar-refractivity contribution in [2.45, 2.75) is 33.0 Å². The fourth-order valence-corrected chi connectivity index (χ4v) is 1.81. The third kappa shape index (κ3) is 5.22. The first kappa shape index (κ1) is 15.4. The molecule has 0 saturated heterocycles. The summed E-state index contributed by atoms with van der Waals surface area (Å²) in [5, 5.41) is 0. The topological polar surface area (TPSA) is 52.6 Å². The number of ketones is 1. The van der Waals surface area contributed by atoms with Crippen LogP contribution < -0.4 is 0 Å². The first-order valence-corrected chi connectivity index (χ1v) is 6.29. The van der Waals surface area contributed by atoms with E-state index in [4.69, 9.17) is 9.47 Å². The summed E-state index contributed by atoms with van der Waals surface area (Å²) in [6, 6.07) is 9.35. The molecule has 0 bridgehead atoms. The lowest BCUT2D eigenvalue weighted by molar-refractivity contribution is -0.149. The molecule has 104 valence electrons. The molecule has 0 radical (unpaired) electrons. The number of hydrogen-bond acceptors (Lipinski definition) is 4. The third-order valence-electron chi connectivity index (χ3n) is 2.74. The molecule has 0 fully saturated rings. The van der Waals surface area contributed by atoms with Crippen molar-refractivity contribution >= 4 is 11.8 Å². The third-order valence-corrected chi connectivity index (χ3v) is 2.74. The summed E-state index contributed by atoms with van der Waals surface area (Å²) in [6.07, 6.45) is -0.798. The Labute approximate surface area is 113 Å². The van der Waals surface area contributed by atoms with Crippen molar-refractivity contribution in [3.05, 3.63) is 35.9 Å². The van der Waals surface area contributed by atoms with Crippen molar-refractivity contribution < 1.29 is 19.1 Å². The molecule has 0 aliphatic carbocycles. The number of carbonyl (C=O) groups is 2. The zero-order chi connectivity index (χ0) is 14.3. The van der Waals surface area contributed by atoms with Crippen LogP contribution in [-0.2, 0) is 25.7 Å². The zero-order valence-corrected chi connectivity index (χ0v) is 11.6. The van der Waals surface area contributed by atoms with Crippen LogP contribution in [0.4, 0.5) is 0 Å². The van der Waals surface area contributed by atoms with Gasteiger partial charge in [-0.1, -0.05) is 44.2 Å². The highest BCUT2D eigenvalue weighted by atomic mass is 16.5. The Balaban J connectivity index is 2.41. The Morgan fingerprint density at radius 3 is 2.32 bits per heavy atom. The van der Waals surface area contributed by atoms with E-state index in [-0.39, 0.29) is 24.7 Å². The average molecular weight is 264 g/mol. The van der Waals surface area contributed by atoms with Gasteiger partial charge in [-0.2, -0.15) is 0 Å². The minimum Gasteiger partial charge on any atom is -0.460 e. The van der Waals surface area contributed by atoms with Gasteiger partial charge in [-0.3, -0.25) is 9.59 Å². The lowest BCUT2D eigenvalue weighted by atomic mass is 10.0. The predicted molar refractivity (Wildman–Crippen MR) is 71.5 cm³/mol. The highest BCUT2D eigenvalue weighted by Gasteiger charge is 2.24. The van der Waals surface area contributed by atoms with Crippen molar-refractivity contribution in [3.8, 4) is 0 Å². The fourth-order valence-electron chi connectivity index (χ4n) is 1.81. The lowest BCUT2D eigenvalue weighted by Gasteiger charge is -2.17. The number of rotatable bonds is 7. The van der Waals surface area contributed by atoms with E-state index in [0.717, 1.165) is 5.56 Å². The Morgan fingerprint density at radius 2 is 1.79 bits per heavy atom. The van der Waals surface area contributed by atoms with Crippen LogP contribution in [0.3, 0.4) is 0 Å². The van der Waals surface area contributed by atoms with E-state index in [9.17, 15) is 9.59 Å². The number of methoxy groups -OCH3 is 1. The zero-order valence-electron chi connectivity index (χ0n) is 11.6. The molecule has 0 amide bonds. The van der Waals surface area contributed by atoms with Crippen molar-refractivity contribution in [2.75, 3.05) is 7.11 Å². The maximum atomic E-state index is 11.8. The number of Topliss-reactive ketones (excluding diaryl/α,β-unsaturated/α-hetero) is 1. The van der Waals surface area contributed by atoms with Crippen LogP contribution in [0, 0.1) is 5.92 Å². The minimum atomic E-state index is -0.552. The van der Waals surface area contributed by atoms with Gasteiger partial charge in [0.15, 0.2) is 5.78 Å². The summed E-state index contributed by atoms with van der Waals surface area (Å²) >= 11 is 0. The van der Waals surface area contributed by atoms with Gasteiger partial charge >= 0.3 is 5.97 Å². The molecule has 0 aliphatic heterocycles. The van der Waals surface area contributed by atoms with Crippen molar-refractivity contribution in [1.29, 1.82) is 0 Å². The van der Waals surface area contributed by atoms with Gasteiger partial charge in [0.2, 0.25) is 0 Å². The Morgan fingerprint density at radius 1 is 1.16 bits per heavy atom. The van der Waals surface area contributed by atoms with Crippen LogP contribution in [0.25, 0.3) is 0 Å². The van der Waals surface area contributed by atoms with Gasteiger partial charge in [-0.05, 0) is 11.5 Å². The standard InChI is InChI=1S/C15H20O4/c1-11(2)15(18-3)13(16)9-14(17)19-10-12-7-5-4-6-8-12/h4-8,11,15H,9-10H2,1-3H3. The van der Waals surface area contributed by atoms with Gasteiger partial charge in [-0.25, -0.2) is 0 Å². The smallest absolute Gasteiger partial charge is 0.313 e. The van der Waals surface area contributed by atoms with Gasteiger partial charge in [0.05, 0.1) is 0 Å². The molecule has 0 heterocycles. The molecule has 0 N–H and O–H groups in total. The van der Waals surface area contributed by atoms with E-state index in [2.05, 4.69) is 0 Å². The SMILES string of the molecule is COC(C(=O)CC(=O)OCc1ccccc1)C(C)C. The molecule has 1 aromatic carbocycles. The maximum Gasteiger partial charge on any atom is 0.313 e. The summed E-state index contributed by atoms with van der Waals surface area (Å²) in [5.41, 5.74) is 0.899. The predicted octanol–water partition coefficient (Wildman–Crippen LogP) is 2.36. The molecule has 19 heavy (non-hydrogen) atoms. The molecule has 0 saturated carbocycles. The number of carbonyl (C=O) groups excluding carboxylic acids is 2. The monoisotopic (exact) mass is 264 g/mol. The summed E-state index contributed by atoms with van der Waals surface area (Å²) in [4.78, 5) is 23.4. The molecule has 1 atom stereocenters. The van der Waals surface area contributed by atoms with E-state index in [0.29, 0.717) is 0 Å². The molecule has 0 aliphatic rings.